The number of rotatable bonds is 7. The van der Waals surface area contributed by atoms with Gasteiger partial charge in [0, 0.05) is 11.8 Å². The molecule has 3 atom stereocenters. The topological polar surface area (TPSA) is 112 Å². The fourth-order valence-electron chi connectivity index (χ4n) is 3.43. The van der Waals surface area contributed by atoms with Crippen molar-refractivity contribution in [3.8, 4) is 0 Å². The maximum absolute atomic E-state index is 13.6. The lowest BCUT2D eigenvalue weighted by Gasteiger charge is -2.23. The Kier molecular flexibility index (Phi) is 6.55. The summed E-state index contributed by atoms with van der Waals surface area (Å²) in [5.74, 6) is -1.48. The van der Waals surface area contributed by atoms with Crippen molar-refractivity contribution in [2.24, 2.45) is 0 Å². The Morgan fingerprint density at radius 3 is 2.93 bits per heavy atom. The van der Waals surface area contributed by atoms with Gasteiger partial charge >= 0.3 is 13.2 Å². The van der Waals surface area contributed by atoms with Crippen LogP contribution in [0.4, 0.5) is 9.18 Å². The second-order valence-electron chi connectivity index (χ2n) is 6.91. The Hall–Kier alpha value is -2.85. The molecular formula is C19H22BFN2O6. The highest BCUT2D eigenvalue weighted by Gasteiger charge is 2.35. The molecule has 1 aromatic carbocycles. The first-order valence-electron chi connectivity index (χ1n) is 9.20. The number of likely N-dealkylation sites (tertiary alicyclic amines) is 1. The summed E-state index contributed by atoms with van der Waals surface area (Å²) in [5, 5.41) is 22.5. The second-order valence-corrected chi connectivity index (χ2v) is 6.91. The number of carbonyl (C=O) groups is 2. The van der Waals surface area contributed by atoms with E-state index in [9.17, 15) is 24.0 Å². The van der Waals surface area contributed by atoms with E-state index in [0.717, 1.165) is 11.5 Å². The van der Waals surface area contributed by atoms with Crippen molar-refractivity contribution in [1.29, 1.82) is 0 Å². The minimum absolute atomic E-state index is 0.0555. The van der Waals surface area contributed by atoms with Gasteiger partial charge in [0.05, 0.1) is 24.8 Å². The van der Waals surface area contributed by atoms with Gasteiger partial charge in [-0.25, -0.2) is 9.18 Å². The van der Waals surface area contributed by atoms with Crippen LogP contribution in [0.1, 0.15) is 12.0 Å². The maximum Gasteiger partial charge on any atom is 0.475 e. The fourth-order valence-corrected chi connectivity index (χ4v) is 3.43. The van der Waals surface area contributed by atoms with E-state index in [4.69, 9.17) is 9.15 Å². The van der Waals surface area contributed by atoms with Gasteiger partial charge in [0.2, 0.25) is 5.91 Å². The van der Waals surface area contributed by atoms with Crippen LogP contribution in [-0.2, 0) is 16.0 Å². The van der Waals surface area contributed by atoms with E-state index >= 15 is 0 Å². The molecule has 0 saturated carbocycles. The van der Waals surface area contributed by atoms with E-state index < -0.39 is 37.3 Å². The lowest BCUT2D eigenvalue weighted by Crippen LogP contribution is -2.48. The van der Waals surface area contributed by atoms with Crippen LogP contribution in [0, 0.1) is 0 Å². The third kappa shape index (κ3) is 4.96. The number of para-hydroxylation sites is 1. The molecule has 0 spiro atoms. The number of alkyl carbamates (subject to hydrolysis) is 1. The van der Waals surface area contributed by atoms with Crippen LogP contribution >= 0.6 is 0 Å². The number of fused-ring (bicyclic) bond motifs is 1. The van der Waals surface area contributed by atoms with Crippen molar-refractivity contribution >= 4 is 30.1 Å². The number of nitrogens with one attached hydrogen (secondary N) is 1. The van der Waals surface area contributed by atoms with Crippen molar-refractivity contribution in [1.82, 2.24) is 10.2 Å². The molecule has 1 saturated heterocycles. The smallest absolute Gasteiger partial charge is 0.464 e. The fraction of sp³-hybridized carbons (Fsp3) is 0.368. The van der Waals surface area contributed by atoms with Crippen LogP contribution in [0.3, 0.4) is 0 Å². The monoisotopic (exact) mass is 404 g/mol. The van der Waals surface area contributed by atoms with Crippen LogP contribution in [0.5, 0.6) is 0 Å². The summed E-state index contributed by atoms with van der Waals surface area (Å²) in [7, 11) is -1.84. The van der Waals surface area contributed by atoms with Crippen LogP contribution in [0.15, 0.2) is 47.6 Å². The molecule has 1 unspecified atom stereocenters. The molecule has 0 radical (unpaired) electrons. The first-order valence-corrected chi connectivity index (χ1v) is 9.20. The highest BCUT2D eigenvalue weighted by Crippen LogP contribution is 2.23. The number of nitrogens with zero attached hydrogens (tertiary/aromatic N) is 1. The standard InChI is InChI=1S/C19H22BFN2O6/c1-2-18(24)23-9-13(21)8-14(23)11-29-19(25)22-17(20(26)27)7-12-10-28-16-6-4-3-5-15(12)16/h2-6,10,13-14,17,26-27H,1,7-9,11H2,(H,22,25)/t13-,14+,17?/m0/s1. The van der Waals surface area contributed by atoms with Crippen molar-refractivity contribution < 1.29 is 33.2 Å². The molecule has 1 fully saturated rings. The lowest BCUT2D eigenvalue weighted by atomic mass is 9.76. The van der Waals surface area contributed by atoms with Crippen LogP contribution < -0.4 is 5.32 Å². The van der Waals surface area contributed by atoms with E-state index in [1.54, 1.807) is 6.07 Å². The first kappa shape index (κ1) is 20.9. The molecule has 3 N–H and O–H groups in total. The zero-order valence-corrected chi connectivity index (χ0v) is 15.7. The molecule has 154 valence electrons. The minimum Gasteiger partial charge on any atom is -0.464 e. The van der Waals surface area contributed by atoms with Gasteiger partial charge in [0.1, 0.15) is 18.4 Å². The van der Waals surface area contributed by atoms with Crippen molar-refractivity contribution in [2.75, 3.05) is 13.2 Å². The maximum atomic E-state index is 13.6. The molecule has 3 rings (SSSR count). The quantitative estimate of drug-likeness (QED) is 0.473. The zero-order chi connectivity index (χ0) is 21.0. The molecule has 0 bridgehead atoms. The normalized spacial score (nSPS) is 19.8. The molecule has 2 aromatic rings. The molecule has 2 heterocycles. The van der Waals surface area contributed by atoms with Gasteiger partial charge < -0.3 is 29.4 Å². The summed E-state index contributed by atoms with van der Waals surface area (Å²) in [6, 6.07) is 6.64. The Labute approximate surface area is 167 Å². The number of ether oxygens (including phenoxy) is 1. The molecule has 10 heteroatoms. The van der Waals surface area contributed by atoms with Gasteiger partial charge in [0.25, 0.3) is 0 Å². The zero-order valence-electron chi connectivity index (χ0n) is 15.7. The number of alkyl halides is 1. The van der Waals surface area contributed by atoms with E-state index in [1.165, 1.54) is 11.2 Å². The number of furan rings is 1. The molecule has 29 heavy (non-hydrogen) atoms. The van der Waals surface area contributed by atoms with Gasteiger partial charge in [-0.15, -0.1) is 0 Å². The van der Waals surface area contributed by atoms with Gasteiger partial charge in [-0.05, 0) is 24.1 Å². The summed E-state index contributed by atoms with van der Waals surface area (Å²) in [6.07, 6.45) is 0.631. The Morgan fingerprint density at radius 1 is 1.45 bits per heavy atom. The average Bonchev–Trinajstić information content (AvgIpc) is 3.28. The molecule has 1 aliphatic rings. The summed E-state index contributed by atoms with van der Waals surface area (Å²) in [4.78, 5) is 25.2. The number of amides is 2. The van der Waals surface area contributed by atoms with Gasteiger partial charge in [-0.1, -0.05) is 24.8 Å². The predicted octanol–water partition coefficient (Wildman–Crippen LogP) is 1.21. The number of hydrogen-bond acceptors (Lipinski definition) is 6. The highest BCUT2D eigenvalue weighted by atomic mass is 19.1. The molecule has 2 amide bonds. The van der Waals surface area contributed by atoms with Gasteiger partial charge in [-0.3, -0.25) is 4.79 Å². The number of carbonyl (C=O) groups excluding carboxylic acids is 2. The van der Waals surface area contributed by atoms with Crippen LogP contribution in [0.2, 0.25) is 0 Å². The molecule has 0 aliphatic carbocycles. The second kappa shape index (κ2) is 9.10. The van der Waals surface area contributed by atoms with E-state index in [2.05, 4.69) is 11.9 Å². The summed E-state index contributed by atoms with van der Waals surface area (Å²) in [6.45, 7) is 3.09. The minimum atomic E-state index is -1.84. The lowest BCUT2D eigenvalue weighted by molar-refractivity contribution is -0.127. The van der Waals surface area contributed by atoms with Crippen molar-refractivity contribution in [3.63, 3.8) is 0 Å². The average molecular weight is 404 g/mol. The van der Waals surface area contributed by atoms with Crippen molar-refractivity contribution in [2.45, 2.75) is 31.0 Å². The summed E-state index contributed by atoms with van der Waals surface area (Å²) in [5.41, 5.74) is 1.34. The number of benzene rings is 1. The van der Waals surface area contributed by atoms with Crippen LogP contribution in [-0.4, -0.2) is 65.4 Å². The first-order chi connectivity index (χ1) is 13.9. The highest BCUT2D eigenvalue weighted by molar-refractivity contribution is 6.43. The Balaban J connectivity index is 1.58. The number of halogens is 1. The SMILES string of the molecule is C=CC(=O)N1C[C@@H](F)C[C@@H]1COC(=O)NC(Cc1coc2ccccc12)B(O)O. The predicted molar refractivity (Wildman–Crippen MR) is 104 cm³/mol. The van der Waals surface area contributed by atoms with Gasteiger partial charge in [-0.2, -0.15) is 0 Å². The third-order valence-corrected chi connectivity index (χ3v) is 4.89. The molecule has 1 aromatic heterocycles. The molecular weight excluding hydrogens is 382 g/mol. The molecule has 1 aliphatic heterocycles. The number of hydrogen-bond donors (Lipinski definition) is 3. The van der Waals surface area contributed by atoms with Crippen LogP contribution in [0.25, 0.3) is 11.0 Å². The largest absolute Gasteiger partial charge is 0.475 e. The van der Waals surface area contributed by atoms with E-state index in [0.29, 0.717) is 11.1 Å². The summed E-state index contributed by atoms with van der Waals surface area (Å²) >= 11 is 0. The third-order valence-electron chi connectivity index (χ3n) is 4.89. The molecule has 8 nitrogen and oxygen atoms in total. The summed E-state index contributed by atoms with van der Waals surface area (Å²) < 4.78 is 24.2. The van der Waals surface area contributed by atoms with Gasteiger partial charge in [0.15, 0.2) is 0 Å². The Bertz CT molecular complexity index is 888. The van der Waals surface area contributed by atoms with E-state index in [-0.39, 0.29) is 26.0 Å². The van der Waals surface area contributed by atoms with E-state index in [1.807, 2.05) is 18.2 Å². The van der Waals surface area contributed by atoms with Crippen molar-refractivity contribution in [3.05, 3.63) is 48.7 Å². The Morgan fingerprint density at radius 2 is 2.21 bits per heavy atom.